The van der Waals surface area contributed by atoms with Crippen molar-refractivity contribution in [1.82, 2.24) is 5.32 Å². The largest absolute Gasteiger partial charge is 0.310 e. The molecule has 0 spiro atoms. The molecule has 94 valence electrons. The predicted molar refractivity (Wildman–Crippen MR) is 74.6 cm³/mol. The van der Waals surface area contributed by atoms with Crippen LogP contribution in [-0.2, 0) is 0 Å². The van der Waals surface area contributed by atoms with E-state index in [0.29, 0.717) is 0 Å². The minimum absolute atomic E-state index is 0.123. The first-order chi connectivity index (χ1) is 8.08. The van der Waals surface area contributed by atoms with Gasteiger partial charge in [-0.1, -0.05) is 41.9 Å². The van der Waals surface area contributed by atoms with Gasteiger partial charge < -0.3 is 5.32 Å². The molecule has 0 saturated carbocycles. The van der Waals surface area contributed by atoms with Gasteiger partial charge in [-0.25, -0.2) is 4.39 Å². The highest BCUT2D eigenvalue weighted by atomic mass is 79.9. The minimum Gasteiger partial charge on any atom is -0.310 e. The van der Waals surface area contributed by atoms with Gasteiger partial charge in [0.1, 0.15) is 5.82 Å². The molecule has 0 fully saturated rings. The van der Waals surface area contributed by atoms with E-state index in [1.54, 1.807) is 12.1 Å². The number of halogens is 2. The summed E-state index contributed by atoms with van der Waals surface area (Å²) in [5.41, 5.74) is 2.13. The fourth-order valence-electron chi connectivity index (χ4n) is 1.75. The van der Waals surface area contributed by atoms with E-state index < -0.39 is 0 Å². The molecule has 3 heteroatoms. The van der Waals surface area contributed by atoms with E-state index >= 15 is 0 Å². The first-order valence-corrected chi connectivity index (χ1v) is 6.72. The van der Waals surface area contributed by atoms with Crippen LogP contribution in [0.3, 0.4) is 0 Å². The number of hydrogen-bond donors (Lipinski definition) is 1. The summed E-state index contributed by atoms with van der Waals surface area (Å²) in [7, 11) is 0. The fourth-order valence-corrected chi connectivity index (χ4v) is 2.28. The Morgan fingerprint density at radius 1 is 1.47 bits per heavy atom. The Kier molecular flexibility index (Phi) is 5.86. The second kappa shape index (κ2) is 6.92. The smallest absolute Gasteiger partial charge is 0.123 e. The summed E-state index contributed by atoms with van der Waals surface area (Å²) in [6, 6.07) is 4.92. The molecule has 0 aromatic heterocycles. The lowest BCUT2D eigenvalue weighted by Crippen LogP contribution is -2.21. The quantitative estimate of drug-likeness (QED) is 0.757. The molecule has 1 unspecified atom stereocenters. The van der Waals surface area contributed by atoms with Crippen LogP contribution in [0.1, 0.15) is 38.3 Å². The molecule has 0 radical (unpaired) electrons. The van der Waals surface area contributed by atoms with Crippen molar-refractivity contribution in [3.05, 3.63) is 46.2 Å². The summed E-state index contributed by atoms with van der Waals surface area (Å²) < 4.78 is 14.2. The van der Waals surface area contributed by atoms with E-state index in [0.717, 1.165) is 29.4 Å². The molecule has 1 N–H and O–H groups in total. The normalized spacial score (nSPS) is 12.5. The lowest BCUT2D eigenvalue weighted by atomic mass is 9.98. The molecule has 0 amide bonds. The summed E-state index contributed by atoms with van der Waals surface area (Å²) in [6.07, 6.45) is 1.79. The van der Waals surface area contributed by atoms with Crippen molar-refractivity contribution in [2.24, 2.45) is 0 Å². The molecular formula is C14H19BrFN. The molecule has 0 heterocycles. The predicted octanol–water partition coefficient (Wildman–Crippen LogP) is 4.60. The highest BCUT2D eigenvalue weighted by Crippen LogP contribution is 2.29. The van der Waals surface area contributed by atoms with Gasteiger partial charge in [-0.3, -0.25) is 0 Å². The maximum Gasteiger partial charge on any atom is 0.123 e. The van der Waals surface area contributed by atoms with Crippen molar-refractivity contribution in [3.63, 3.8) is 0 Å². The first-order valence-electron chi connectivity index (χ1n) is 5.93. The second-order valence-electron chi connectivity index (χ2n) is 4.08. The van der Waals surface area contributed by atoms with E-state index in [1.165, 1.54) is 11.6 Å². The Morgan fingerprint density at radius 3 is 2.76 bits per heavy atom. The lowest BCUT2D eigenvalue weighted by Gasteiger charge is -2.20. The zero-order chi connectivity index (χ0) is 12.8. The van der Waals surface area contributed by atoms with Crippen molar-refractivity contribution in [3.8, 4) is 0 Å². The van der Waals surface area contributed by atoms with Crippen LogP contribution in [0, 0.1) is 5.82 Å². The monoisotopic (exact) mass is 299 g/mol. The minimum atomic E-state index is -0.201. The Labute approximate surface area is 111 Å². The Balaban J connectivity index is 2.95. The standard InChI is InChI=1S/C14H19BrFN/c1-4-10(3)8-14(17-5-2)12-9-11(16)6-7-13(12)15/h6-7,9,14,17H,3-5,8H2,1-2H3. The molecule has 1 rings (SSSR count). The van der Waals surface area contributed by atoms with Crippen molar-refractivity contribution in [2.75, 3.05) is 6.54 Å². The molecular weight excluding hydrogens is 281 g/mol. The zero-order valence-corrected chi connectivity index (χ0v) is 12.0. The fraction of sp³-hybridized carbons (Fsp3) is 0.429. The Hall–Kier alpha value is -0.670. The zero-order valence-electron chi connectivity index (χ0n) is 10.4. The van der Waals surface area contributed by atoms with E-state index in [-0.39, 0.29) is 11.9 Å². The highest BCUT2D eigenvalue weighted by Gasteiger charge is 2.15. The van der Waals surface area contributed by atoms with E-state index in [4.69, 9.17) is 0 Å². The van der Waals surface area contributed by atoms with Crippen LogP contribution in [0.15, 0.2) is 34.8 Å². The molecule has 0 aliphatic carbocycles. The van der Waals surface area contributed by atoms with Crippen LogP contribution in [0.25, 0.3) is 0 Å². The van der Waals surface area contributed by atoms with E-state index in [2.05, 4.69) is 41.7 Å². The maximum absolute atomic E-state index is 13.3. The van der Waals surface area contributed by atoms with Gasteiger partial charge in [0.25, 0.3) is 0 Å². The van der Waals surface area contributed by atoms with Crippen molar-refractivity contribution in [2.45, 2.75) is 32.7 Å². The summed E-state index contributed by atoms with van der Waals surface area (Å²) in [5.74, 6) is -0.201. The van der Waals surface area contributed by atoms with Gasteiger partial charge in [-0.2, -0.15) is 0 Å². The number of rotatable bonds is 6. The van der Waals surface area contributed by atoms with Gasteiger partial charge in [0, 0.05) is 10.5 Å². The summed E-state index contributed by atoms with van der Waals surface area (Å²) in [5, 5.41) is 3.37. The third-order valence-corrected chi connectivity index (χ3v) is 3.50. The molecule has 1 aromatic rings. The van der Waals surface area contributed by atoms with Crippen LogP contribution >= 0.6 is 15.9 Å². The number of benzene rings is 1. The summed E-state index contributed by atoms with van der Waals surface area (Å²) in [6.45, 7) is 9.02. The van der Waals surface area contributed by atoms with Gasteiger partial charge in [-0.15, -0.1) is 0 Å². The summed E-state index contributed by atoms with van der Waals surface area (Å²) in [4.78, 5) is 0. The number of hydrogen-bond acceptors (Lipinski definition) is 1. The molecule has 0 aliphatic rings. The van der Waals surface area contributed by atoms with Crippen LogP contribution in [0.5, 0.6) is 0 Å². The van der Waals surface area contributed by atoms with E-state index in [1.807, 2.05) is 0 Å². The average Bonchev–Trinajstić information content (AvgIpc) is 2.31. The van der Waals surface area contributed by atoms with E-state index in [9.17, 15) is 4.39 Å². The van der Waals surface area contributed by atoms with Crippen molar-refractivity contribution >= 4 is 15.9 Å². The first kappa shape index (κ1) is 14.4. The van der Waals surface area contributed by atoms with Gasteiger partial charge in [0.05, 0.1) is 0 Å². The average molecular weight is 300 g/mol. The van der Waals surface area contributed by atoms with Gasteiger partial charge in [0.2, 0.25) is 0 Å². The topological polar surface area (TPSA) is 12.0 Å². The van der Waals surface area contributed by atoms with Crippen LogP contribution in [0.4, 0.5) is 4.39 Å². The molecule has 0 saturated heterocycles. The van der Waals surface area contributed by atoms with Crippen LogP contribution in [-0.4, -0.2) is 6.54 Å². The van der Waals surface area contributed by atoms with Crippen molar-refractivity contribution in [1.29, 1.82) is 0 Å². The van der Waals surface area contributed by atoms with Crippen LogP contribution in [0.2, 0.25) is 0 Å². The Bertz CT molecular complexity index is 390. The van der Waals surface area contributed by atoms with Gasteiger partial charge >= 0.3 is 0 Å². The maximum atomic E-state index is 13.3. The molecule has 1 aromatic carbocycles. The van der Waals surface area contributed by atoms with Crippen LogP contribution < -0.4 is 5.32 Å². The van der Waals surface area contributed by atoms with Gasteiger partial charge in [0.15, 0.2) is 0 Å². The van der Waals surface area contributed by atoms with Crippen molar-refractivity contribution < 1.29 is 4.39 Å². The molecule has 0 aliphatic heterocycles. The summed E-state index contributed by atoms with van der Waals surface area (Å²) >= 11 is 3.48. The third kappa shape index (κ3) is 4.25. The third-order valence-electron chi connectivity index (χ3n) is 2.78. The van der Waals surface area contributed by atoms with Gasteiger partial charge in [-0.05, 0) is 43.1 Å². The SMILES string of the molecule is C=C(CC)CC(NCC)c1cc(F)ccc1Br. The number of nitrogens with one attached hydrogen (secondary N) is 1. The second-order valence-corrected chi connectivity index (χ2v) is 4.94. The molecule has 1 atom stereocenters. The Morgan fingerprint density at radius 2 is 2.18 bits per heavy atom. The highest BCUT2D eigenvalue weighted by molar-refractivity contribution is 9.10. The molecule has 17 heavy (non-hydrogen) atoms. The lowest BCUT2D eigenvalue weighted by molar-refractivity contribution is 0.534. The molecule has 1 nitrogen and oxygen atoms in total. The molecule has 0 bridgehead atoms.